The van der Waals surface area contributed by atoms with E-state index in [1.54, 1.807) is 18.2 Å². The molecule has 1 heterocycles. The van der Waals surface area contributed by atoms with Gasteiger partial charge in [0.25, 0.3) is 0 Å². The second kappa shape index (κ2) is 9.95. The lowest BCUT2D eigenvalue weighted by Gasteiger charge is -2.26. The van der Waals surface area contributed by atoms with Gasteiger partial charge < -0.3 is 15.4 Å². The third kappa shape index (κ3) is 5.52. The van der Waals surface area contributed by atoms with Gasteiger partial charge in [0, 0.05) is 19.6 Å². The number of piperidine rings is 1. The first-order valence-corrected chi connectivity index (χ1v) is 11.7. The van der Waals surface area contributed by atoms with Crippen LogP contribution in [0.15, 0.2) is 47.4 Å². The normalized spacial score (nSPS) is 14.9. The summed E-state index contributed by atoms with van der Waals surface area (Å²) in [5, 5.41) is 5.75. The van der Waals surface area contributed by atoms with Gasteiger partial charge in [0.05, 0.1) is 17.1 Å². The molecule has 0 bridgehead atoms. The Balaban J connectivity index is 1.90. The molecule has 30 heavy (non-hydrogen) atoms. The minimum atomic E-state index is -3.59. The van der Waals surface area contributed by atoms with Crippen molar-refractivity contribution >= 4 is 21.6 Å². The largest absolute Gasteiger partial charge is 0.455 e. The lowest BCUT2D eigenvalue weighted by atomic mass is 10.2. The summed E-state index contributed by atoms with van der Waals surface area (Å²) in [7, 11) is -3.59. The van der Waals surface area contributed by atoms with Crippen LogP contribution in [0, 0.1) is 6.92 Å². The fourth-order valence-electron chi connectivity index (χ4n) is 3.39. The Morgan fingerprint density at radius 1 is 1.10 bits per heavy atom. The molecule has 2 aromatic rings. The van der Waals surface area contributed by atoms with E-state index in [4.69, 9.17) is 4.74 Å². The molecule has 0 saturated carbocycles. The van der Waals surface area contributed by atoms with E-state index >= 15 is 0 Å². The van der Waals surface area contributed by atoms with Crippen LogP contribution in [0.5, 0.6) is 11.5 Å². The van der Waals surface area contributed by atoms with Crippen LogP contribution in [0.1, 0.15) is 31.7 Å². The van der Waals surface area contributed by atoms with E-state index in [1.165, 1.54) is 4.31 Å². The van der Waals surface area contributed by atoms with Crippen molar-refractivity contribution in [3.8, 4) is 11.5 Å². The van der Waals surface area contributed by atoms with Gasteiger partial charge >= 0.3 is 0 Å². The molecule has 1 fully saturated rings. The lowest BCUT2D eigenvalue weighted by molar-refractivity contribution is -0.119. The SMILES string of the molecule is CCNC(=O)CNc1cc(S(=O)(=O)N2CCCCC2)ccc1Oc1cccc(C)c1. The van der Waals surface area contributed by atoms with E-state index in [-0.39, 0.29) is 17.3 Å². The molecule has 7 nitrogen and oxygen atoms in total. The molecule has 2 N–H and O–H groups in total. The topological polar surface area (TPSA) is 87.7 Å². The van der Waals surface area contributed by atoms with Gasteiger partial charge in [-0.1, -0.05) is 18.6 Å². The molecule has 0 atom stereocenters. The molecule has 1 amide bonds. The molecular formula is C22H29N3O4S. The summed E-state index contributed by atoms with van der Waals surface area (Å²) in [6.07, 6.45) is 2.79. The lowest BCUT2D eigenvalue weighted by Crippen LogP contribution is -2.35. The van der Waals surface area contributed by atoms with E-state index in [0.29, 0.717) is 36.8 Å². The van der Waals surface area contributed by atoms with Crippen molar-refractivity contribution in [1.29, 1.82) is 0 Å². The summed E-state index contributed by atoms with van der Waals surface area (Å²) >= 11 is 0. The van der Waals surface area contributed by atoms with Crippen molar-refractivity contribution in [3.63, 3.8) is 0 Å². The Kier molecular flexibility index (Phi) is 7.33. The van der Waals surface area contributed by atoms with Crippen LogP contribution in [-0.2, 0) is 14.8 Å². The van der Waals surface area contributed by atoms with Crippen molar-refractivity contribution < 1.29 is 17.9 Å². The fourth-order valence-corrected chi connectivity index (χ4v) is 4.94. The number of nitrogens with one attached hydrogen (secondary N) is 2. The van der Waals surface area contributed by atoms with Crippen LogP contribution >= 0.6 is 0 Å². The summed E-state index contributed by atoms with van der Waals surface area (Å²) in [5.74, 6) is 0.925. The zero-order valence-electron chi connectivity index (χ0n) is 17.5. The monoisotopic (exact) mass is 431 g/mol. The molecule has 1 saturated heterocycles. The Bertz CT molecular complexity index is 986. The minimum Gasteiger partial charge on any atom is -0.455 e. The third-order valence-corrected chi connectivity index (χ3v) is 6.83. The van der Waals surface area contributed by atoms with E-state index in [2.05, 4.69) is 10.6 Å². The highest BCUT2D eigenvalue weighted by molar-refractivity contribution is 7.89. The number of aryl methyl sites for hydroxylation is 1. The number of amides is 1. The van der Waals surface area contributed by atoms with Crippen LogP contribution in [0.2, 0.25) is 0 Å². The minimum absolute atomic E-state index is 0.0191. The predicted molar refractivity (Wildman–Crippen MR) is 117 cm³/mol. The number of anilines is 1. The molecule has 0 unspecified atom stereocenters. The standard InChI is InChI=1S/C22H29N3O4S/c1-3-23-22(26)16-24-20-15-19(30(27,28)25-12-5-4-6-13-25)10-11-21(20)29-18-9-7-8-17(2)14-18/h7-11,14-15,24H,3-6,12-13,16H2,1-2H3,(H,23,26). The van der Waals surface area contributed by atoms with Gasteiger partial charge in [0.2, 0.25) is 15.9 Å². The van der Waals surface area contributed by atoms with Crippen LogP contribution < -0.4 is 15.4 Å². The average Bonchev–Trinajstić information content (AvgIpc) is 2.74. The van der Waals surface area contributed by atoms with Crippen molar-refractivity contribution in [2.75, 3.05) is 31.5 Å². The zero-order valence-corrected chi connectivity index (χ0v) is 18.3. The number of hydrogen-bond donors (Lipinski definition) is 2. The summed E-state index contributed by atoms with van der Waals surface area (Å²) in [4.78, 5) is 12.1. The Labute approximate surface area is 178 Å². The quantitative estimate of drug-likeness (QED) is 0.668. The second-order valence-electron chi connectivity index (χ2n) is 7.35. The maximum atomic E-state index is 13.1. The van der Waals surface area contributed by atoms with E-state index in [1.807, 2.05) is 38.1 Å². The Morgan fingerprint density at radius 3 is 2.57 bits per heavy atom. The van der Waals surface area contributed by atoms with Gasteiger partial charge in [-0.15, -0.1) is 0 Å². The predicted octanol–water partition coefficient (Wildman–Crippen LogP) is 3.51. The maximum absolute atomic E-state index is 13.1. The molecule has 1 aliphatic heterocycles. The number of nitrogens with zero attached hydrogens (tertiary/aromatic N) is 1. The average molecular weight is 432 g/mol. The van der Waals surface area contributed by atoms with Gasteiger partial charge in [-0.05, 0) is 62.6 Å². The maximum Gasteiger partial charge on any atom is 0.243 e. The number of carbonyl (C=O) groups excluding carboxylic acids is 1. The molecule has 2 aromatic carbocycles. The van der Waals surface area contributed by atoms with Crippen molar-refractivity contribution in [2.45, 2.75) is 38.0 Å². The van der Waals surface area contributed by atoms with Gasteiger partial charge in [-0.25, -0.2) is 8.42 Å². The number of sulfonamides is 1. The third-order valence-electron chi connectivity index (χ3n) is 4.93. The number of rotatable bonds is 8. The first kappa shape index (κ1) is 22.1. The van der Waals surface area contributed by atoms with Crippen LogP contribution in [-0.4, -0.2) is 44.8 Å². The highest BCUT2D eigenvalue weighted by Crippen LogP contribution is 2.33. The van der Waals surface area contributed by atoms with Crippen molar-refractivity contribution in [3.05, 3.63) is 48.0 Å². The summed E-state index contributed by atoms with van der Waals surface area (Å²) in [5.41, 5.74) is 1.51. The molecule has 3 rings (SSSR count). The van der Waals surface area contributed by atoms with E-state index in [0.717, 1.165) is 24.8 Å². The molecule has 8 heteroatoms. The van der Waals surface area contributed by atoms with E-state index < -0.39 is 10.0 Å². The van der Waals surface area contributed by atoms with Gasteiger partial charge in [0.1, 0.15) is 5.75 Å². The fraction of sp³-hybridized carbons (Fsp3) is 0.409. The van der Waals surface area contributed by atoms with Gasteiger partial charge in [-0.3, -0.25) is 4.79 Å². The number of hydrogen-bond acceptors (Lipinski definition) is 5. The summed E-state index contributed by atoms with van der Waals surface area (Å²) in [6.45, 7) is 5.42. The molecule has 162 valence electrons. The molecule has 0 radical (unpaired) electrons. The molecule has 1 aliphatic rings. The summed E-state index contributed by atoms with van der Waals surface area (Å²) < 4.78 is 33.7. The summed E-state index contributed by atoms with van der Waals surface area (Å²) in [6, 6.07) is 12.3. The number of benzene rings is 2. The second-order valence-corrected chi connectivity index (χ2v) is 9.29. The van der Waals surface area contributed by atoms with Crippen LogP contribution in [0.4, 0.5) is 5.69 Å². The van der Waals surface area contributed by atoms with Crippen LogP contribution in [0.3, 0.4) is 0 Å². The smallest absolute Gasteiger partial charge is 0.243 e. The van der Waals surface area contributed by atoms with Crippen LogP contribution in [0.25, 0.3) is 0 Å². The first-order chi connectivity index (χ1) is 14.4. The number of ether oxygens (including phenoxy) is 1. The molecular weight excluding hydrogens is 402 g/mol. The molecule has 0 aromatic heterocycles. The Morgan fingerprint density at radius 2 is 1.87 bits per heavy atom. The van der Waals surface area contributed by atoms with Gasteiger partial charge in [0.15, 0.2) is 5.75 Å². The first-order valence-electron chi connectivity index (χ1n) is 10.3. The van der Waals surface area contributed by atoms with Crippen molar-refractivity contribution in [2.24, 2.45) is 0 Å². The molecule has 0 spiro atoms. The Hall–Kier alpha value is -2.58. The van der Waals surface area contributed by atoms with E-state index in [9.17, 15) is 13.2 Å². The van der Waals surface area contributed by atoms with Gasteiger partial charge in [-0.2, -0.15) is 4.31 Å². The molecule has 0 aliphatic carbocycles. The number of carbonyl (C=O) groups is 1. The van der Waals surface area contributed by atoms with Crippen molar-refractivity contribution in [1.82, 2.24) is 9.62 Å². The number of likely N-dealkylation sites (N-methyl/N-ethyl adjacent to an activating group) is 1. The zero-order chi connectivity index (χ0) is 21.6. The highest BCUT2D eigenvalue weighted by Gasteiger charge is 2.27. The highest BCUT2D eigenvalue weighted by atomic mass is 32.2.